The number of benzene rings is 1. The molecule has 1 aromatic carbocycles. The Bertz CT molecular complexity index is 534. The van der Waals surface area contributed by atoms with E-state index in [1.54, 1.807) is 13.0 Å². The maximum Gasteiger partial charge on any atom is 0.270 e. The average Bonchev–Trinajstić information content (AvgIpc) is 2.36. The molecule has 3 N–H and O–H groups in total. The van der Waals surface area contributed by atoms with E-state index in [9.17, 15) is 4.79 Å². The molecule has 18 heavy (non-hydrogen) atoms. The van der Waals surface area contributed by atoms with Crippen molar-refractivity contribution in [2.45, 2.75) is 13.5 Å². The van der Waals surface area contributed by atoms with E-state index >= 15 is 0 Å². The summed E-state index contributed by atoms with van der Waals surface area (Å²) in [6.07, 6.45) is 0. The number of nitrogen functional groups attached to an aromatic ring is 1. The van der Waals surface area contributed by atoms with Crippen molar-refractivity contribution < 1.29 is 4.79 Å². The highest BCUT2D eigenvalue weighted by molar-refractivity contribution is 5.92. The van der Waals surface area contributed by atoms with Crippen LogP contribution >= 0.6 is 0 Å². The van der Waals surface area contributed by atoms with Gasteiger partial charge in [-0.3, -0.25) is 4.79 Å². The van der Waals surface area contributed by atoms with Crippen LogP contribution in [0.15, 0.2) is 36.4 Å². The number of carbonyl (C=O) groups is 1. The van der Waals surface area contributed by atoms with Crippen molar-refractivity contribution in [2.24, 2.45) is 0 Å². The van der Waals surface area contributed by atoms with Crippen LogP contribution in [0.4, 0.5) is 5.95 Å². The number of carbonyl (C=O) groups excluding carboxylic acids is 1. The number of nitrogens with two attached hydrogens (primary N) is 1. The molecule has 0 aliphatic heterocycles. The fourth-order valence-corrected chi connectivity index (χ4v) is 1.58. The van der Waals surface area contributed by atoms with Crippen molar-refractivity contribution in [3.63, 3.8) is 0 Å². The quantitative estimate of drug-likeness (QED) is 0.850. The summed E-state index contributed by atoms with van der Waals surface area (Å²) >= 11 is 0. The zero-order valence-corrected chi connectivity index (χ0v) is 10.1. The monoisotopic (exact) mass is 242 g/mol. The normalized spacial score (nSPS) is 10.1. The van der Waals surface area contributed by atoms with Gasteiger partial charge < -0.3 is 11.1 Å². The molecule has 0 saturated carbocycles. The zero-order chi connectivity index (χ0) is 13.0. The Morgan fingerprint density at radius 3 is 2.67 bits per heavy atom. The van der Waals surface area contributed by atoms with Gasteiger partial charge in [-0.05, 0) is 18.6 Å². The Labute approximate surface area is 105 Å². The molecule has 0 bridgehead atoms. The van der Waals surface area contributed by atoms with Gasteiger partial charge >= 0.3 is 0 Å². The third-order valence-corrected chi connectivity index (χ3v) is 2.40. The SMILES string of the molecule is Cc1cc(C(=O)NCc2ccccc2)nc(N)n1. The van der Waals surface area contributed by atoms with E-state index in [0.29, 0.717) is 12.2 Å². The van der Waals surface area contributed by atoms with E-state index in [1.807, 2.05) is 30.3 Å². The summed E-state index contributed by atoms with van der Waals surface area (Å²) in [6, 6.07) is 11.3. The molecule has 1 aromatic heterocycles. The summed E-state index contributed by atoms with van der Waals surface area (Å²) in [5.74, 6) is -0.143. The molecule has 0 saturated heterocycles. The van der Waals surface area contributed by atoms with Crippen LogP contribution in [0.1, 0.15) is 21.7 Å². The first-order valence-electron chi connectivity index (χ1n) is 5.58. The lowest BCUT2D eigenvalue weighted by Gasteiger charge is -2.05. The molecule has 1 amide bonds. The Morgan fingerprint density at radius 1 is 1.28 bits per heavy atom. The van der Waals surface area contributed by atoms with Crippen LogP contribution < -0.4 is 11.1 Å². The van der Waals surface area contributed by atoms with Gasteiger partial charge in [0.15, 0.2) is 0 Å². The second-order valence-electron chi connectivity index (χ2n) is 3.92. The molecule has 0 aliphatic rings. The first kappa shape index (κ1) is 12.0. The standard InChI is InChI=1S/C13H14N4O/c1-9-7-11(17-13(14)16-9)12(18)15-8-10-5-3-2-4-6-10/h2-7H,8H2,1H3,(H,15,18)(H2,14,16,17). The lowest BCUT2D eigenvalue weighted by atomic mass is 10.2. The summed E-state index contributed by atoms with van der Waals surface area (Å²) < 4.78 is 0. The van der Waals surface area contributed by atoms with Gasteiger partial charge in [0, 0.05) is 12.2 Å². The zero-order valence-electron chi connectivity index (χ0n) is 10.1. The molecule has 1 heterocycles. The van der Waals surface area contributed by atoms with Gasteiger partial charge in [-0.25, -0.2) is 9.97 Å². The smallest absolute Gasteiger partial charge is 0.270 e. The van der Waals surface area contributed by atoms with Crippen molar-refractivity contribution in [3.05, 3.63) is 53.3 Å². The van der Waals surface area contributed by atoms with Gasteiger partial charge in [-0.15, -0.1) is 0 Å². The van der Waals surface area contributed by atoms with Crippen LogP contribution in [0.3, 0.4) is 0 Å². The molecule has 0 aliphatic carbocycles. The van der Waals surface area contributed by atoms with E-state index in [-0.39, 0.29) is 17.5 Å². The number of nitrogens with zero attached hydrogens (tertiary/aromatic N) is 2. The van der Waals surface area contributed by atoms with Crippen molar-refractivity contribution >= 4 is 11.9 Å². The van der Waals surface area contributed by atoms with Crippen LogP contribution in [0.2, 0.25) is 0 Å². The molecular weight excluding hydrogens is 228 g/mol. The van der Waals surface area contributed by atoms with Gasteiger partial charge in [0.25, 0.3) is 5.91 Å². The molecule has 0 atom stereocenters. The highest BCUT2D eigenvalue weighted by Crippen LogP contribution is 2.03. The van der Waals surface area contributed by atoms with Crippen molar-refractivity contribution in [1.82, 2.24) is 15.3 Å². The number of aromatic nitrogens is 2. The molecule has 0 radical (unpaired) electrons. The Hall–Kier alpha value is -2.43. The summed E-state index contributed by atoms with van der Waals surface area (Å²) in [5.41, 5.74) is 7.50. The Balaban J connectivity index is 2.04. The Kier molecular flexibility index (Phi) is 3.52. The lowest BCUT2D eigenvalue weighted by molar-refractivity contribution is 0.0946. The first-order chi connectivity index (χ1) is 8.65. The topological polar surface area (TPSA) is 80.9 Å². The second kappa shape index (κ2) is 5.27. The van der Waals surface area contributed by atoms with Gasteiger partial charge in [0.1, 0.15) is 5.69 Å². The molecule has 0 fully saturated rings. The number of amides is 1. The molecule has 0 unspecified atom stereocenters. The second-order valence-corrected chi connectivity index (χ2v) is 3.92. The summed E-state index contributed by atoms with van der Waals surface area (Å²) in [6.45, 7) is 2.23. The number of hydrogen-bond acceptors (Lipinski definition) is 4. The van der Waals surface area contributed by atoms with E-state index in [2.05, 4.69) is 15.3 Å². The molecule has 5 heteroatoms. The fraction of sp³-hybridized carbons (Fsp3) is 0.154. The molecular formula is C13H14N4O. The van der Waals surface area contributed by atoms with Crippen LogP contribution in [0, 0.1) is 6.92 Å². The van der Waals surface area contributed by atoms with Gasteiger partial charge in [-0.2, -0.15) is 0 Å². The maximum absolute atomic E-state index is 11.9. The van der Waals surface area contributed by atoms with E-state index in [0.717, 1.165) is 5.56 Å². The van der Waals surface area contributed by atoms with Gasteiger partial charge in [-0.1, -0.05) is 30.3 Å². The molecule has 2 rings (SSSR count). The number of anilines is 1. The number of hydrogen-bond donors (Lipinski definition) is 2. The largest absolute Gasteiger partial charge is 0.368 e. The van der Waals surface area contributed by atoms with Gasteiger partial charge in [0.2, 0.25) is 5.95 Å². The van der Waals surface area contributed by atoms with Crippen LogP contribution in [0.25, 0.3) is 0 Å². The summed E-state index contributed by atoms with van der Waals surface area (Å²) in [4.78, 5) is 19.7. The van der Waals surface area contributed by atoms with Crippen LogP contribution in [0.5, 0.6) is 0 Å². The Morgan fingerprint density at radius 2 is 2.00 bits per heavy atom. The molecule has 2 aromatic rings. The third kappa shape index (κ3) is 3.04. The summed E-state index contributed by atoms with van der Waals surface area (Å²) in [5, 5.41) is 2.78. The maximum atomic E-state index is 11.9. The number of aryl methyl sites for hydroxylation is 1. The number of rotatable bonds is 3. The molecule has 5 nitrogen and oxygen atoms in total. The molecule has 0 spiro atoms. The van der Waals surface area contributed by atoms with Crippen molar-refractivity contribution in [2.75, 3.05) is 5.73 Å². The predicted molar refractivity (Wildman–Crippen MR) is 68.8 cm³/mol. The average molecular weight is 242 g/mol. The highest BCUT2D eigenvalue weighted by Gasteiger charge is 2.08. The predicted octanol–water partition coefficient (Wildman–Crippen LogP) is 1.30. The van der Waals surface area contributed by atoms with E-state index in [4.69, 9.17) is 5.73 Å². The summed E-state index contributed by atoms with van der Waals surface area (Å²) in [7, 11) is 0. The lowest BCUT2D eigenvalue weighted by Crippen LogP contribution is -2.24. The van der Waals surface area contributed by atoms with Crippen molar-refractivity contribution in [3.8, 4) is 0 Å². The van der Waals surface area contributed by atoms with Crippen LogP contribution in [-0.2, 0) is 6.54 Å². The number of nitrogens with one attached hydrogen (secondary N) is 1. The van der Waals surface area contributed by atoms with E-state index < -0.39 is 0 Å². The van der Waals surface area contributed by atoms with Crippen molar-refractivity contribution in [1.29, 1.82) is 0 Å². The minimum atomic E-state index is -0.254. The fourth-order valence-electron chi connectivity index (χ4n) is 1.58. The minimum absolute atomic E-state index is 0.111. The minimum Gasteiger partial charge on any atom is -0.368 e. The highest BCUT2D eigenvalue weighted by atomic mass is 16.1. The first-order valence-corrected chi connectivity index (χ1v) is 5.58. The van der Waals surface area contributed by atoms with Gasteiger partial charge in [0.05, 0.1) is 0 Å². The third-order valence-electron chi connectivity index (χ3n) is 2.40. The van der Waals surface area contributed by atoms with Crippen LogP contribution in [-0.4, -0.2) is 15.9 Å². The van der Waals surface area contributed by atoms with E-state index in [1.165, 1.54) is 0 Å². The molecule has 92 valence electrons.